The van der Waals surface area contributed by atoms with Gasteiger partial charge < -0.3 is 14.8 Å². The second-order valence-corrected chi connectivity index (χ2v) is 7.17. The lowest BCUT2D eigenvalue weighted by atomic mass is 10.2. The number of amides is 2. The summed E-state index contributed by atoms with van der Waals surface area (Å²) in [6, 6.07) is 0.245. The van der Waals surface area contributed by atoms with Crippen molar-refractivity contribution in [2.24, 2.45) is 0 Å². The molecule has 0 unspecified atom stereocenters. The van der Waals surface area contributed by atoms with Gasteiger partial charge in [-0.25, -0.2) is 4.98 Å². The molecule has 25 heavy (non-hydrogen) atoms. The minimum Gasteiger partial charge on any atom is -0.348 e. The molecule has 1 aliphatic heterocycles. The molecule has 0 spiro atoms. The Morgan fingerprint density at radius 1 is 1.20 bits per heavy atom. The first kappa shape index (κ1) is 16.2. The Morgan fingerprint density at radius 3 is 2.80 bits per heavy atom. The van der Waals surface area contributed by atoms with Crippen LogP contribution in [0.1, 0.15) is 58.8 Å². The number of nitrogens with one attached hydrogen (secondary N) is 1. The van der Waals surface area contributed by atoms with Crippen LogP contribution in [0.5, 0.6) is 0 Å². The fraction of sp³-hybridized carbons (Fsp3) is 0.562. The van der Waals surface area contributed by atoms with Crippen LogP contribution in [-0.4, -0.2) is 48.4 Å². The molecule has 0 bridgehead atoms. The lowest BCUT2D eigenvalue weighted by molar-refractivity contribution is 0.0736. The van der Waals surface area contributed by atoms with Crippen LogP contribution in [0.4, 0.5) is 0 Å². The van der Waals surface area contributed by atoms with Gasteiger partial charge in [0, 0.05) is 24.5 Å². The molecule has 9 heteroatoms. The maximum Gasteiger partial charge on any atom is 0.275 e. The predicted octanol–water partition coefficient (Wildman–Crippen LogP) is 1.45. The van der Waals surface area contributed by atoms with Crippen molar-refractivity contribution in [2.45, 2.75) is 51.2 Å². The summed E-state index contributed by atoms with van der Waals surface area (Å²) in [4.78, 5) is 31.3. The van der Waals surface area contributed by atoms with Gasteiger partial charge in [-0.3, -0.25) is 9.59 Å². The average Bonchev–Trinajstić information content (AvgIpc) is 3.34. The van der Waals surface area contributed by atoms with Crippen LogP contribution in [-0.2, 0) is 13.1 Å². The number of nitrogens with zero attached hydrogens (tertiary/aromatic N) is 5. The van der Waals surface area contributed by atoms with Crippen LogP contribution in [0.25, 0.3) is 0 Å². The van der Waals surface area contributed by atoms with Gasteiger partial charge >= 0.3 is 0 Å². The Morgan fingerprint density at radius 2 is 2.04 bits per heavy atom. The maximum absolute atomic E-state index is 12.6. The summed E-state index contributed by atoms with van der Waals surface area (Å²) in [6.07, 6.45) is 6.91. The Balaban J connectivity index is 1.54. The minimum absolute atomic E-state index is 0.134. The van der Waals surface area contributed by atoms with E-state index in [9.17, 15) is 9.59 Å². The van der Waals surface area contributed by atoms with Crippen LogP contribution >= 0.6 is 11.5 Å². The van der Waals surface area contributed by atoms with Gasteiger partial charge in [0.2, 0.25) is 0 Å². The Bertz CT molecular complexity index is 766. The topological polar surface area (TPSA) is 93.0 Å². The fourth-order valence-electron chi connectivity index (χ4n) is 3.56. The SMILES string of the molecule is O=C(NC1CCCC1)c1ncn2c1CN(C(=O)c1csnn1)CCC2. The van der Waals surface area contributed by atoms with Crippen LogP contribution in [0.15, 0.2) is 11.7 Å². The molecule has 3 heterocycles. The van der Waals surface area contributed by atoms with E-state index in [4.69, 9.17) is 0 Å². The second kappa shape index (κ2) is 6.91. The van der Waals surface area contributed by atoms with Gasteiger partial charge in [0.1, 0.15) is 0 Å². The van der Waals surface area contributed by atoms with Crippen LogP contribution in [0.3, 0.4) is 0 Å². The zero-order valence-electron chi connectivity index (χ0n) is 13.8. The van der Waals surface area contributed by atoms with Crippen molar-refractivity contribution in [3.8, 4) is 0 Å². The summed E-state index contributed by atoms with van der Waals surface area (Å²) in [5, 5.41) is 8.60. The van der Waals surface area contributed by atoms with E-state index >= 15 is 0 Å². The van der Waals surface area contributed by atoms with Gasteiger partial charge in [-0.1, -0.05) is 17.3 Å². The Hall–Kier alpha value is -2.29. The number of carbonyl (C=O) groups excluding carboxylic acids is 2. The monoisotopic (exact) mass is 360 g/mol. The molecule has 0 saturated heterocycles. The van der Waals surface area contributed by atoms with Gasteiger partial charge in [-0.2, -0.15) is 0 Å². The quantitative estimate of drug-likeness (QED) is 0.894. The smallest absolute Gasteiger partial charge is 0.275 e. The zero-order chi connectivity index (χ0) is 17.2. The van der Waals surface area contributed by atoms with E-state index in [0.717, 1.165) is 55.9 Å². The van der Waals surface area contributed by atoms with E-state index in [1.165, 1.54) is 0 Å². The fourth-order valence-corrected chi connectivity index (χ4v) is 3.99. The van der Waals surface area contributed by atoms with E-state index in [0.29, 0.717) is 24.5 Å². The molecule has 1 fully saturated rings. The van der Waals surface area contributed by atoms with Crippen molar-refractivity contribution < 1.29 is 9.59 Å². The highest BCUT2D eigenvalue weighted by molar-refractivity contribution is 7.03. The standard InChI is InChI=1S/C16H20N6O2S/c23-15(18-11-4-1-2-5-11)14-13-8-21(6-3-7-22(13)10-17-14)16(24)12-9-25-20-19-12/h9-11H,1-8H2,(H,18,23). The zero-order valence-corrected chi connectivity index (χ0v) is 14.7. The minimum atomic E-state index is -0.148. The molecule has 1 N–H and O–H groups in total. The molecule has 2 aromatic heterocycles. The molecule has 2 aliphatic rings. The number of aryl methyl sites for hydroxylation is 1. The third-order valence-electron chi connectivity index (χ3n) is 4.89. The summed E-state index contributed by atoms with van der Waals surface area (Å²) in [5.41, 5.74) is 1.59. The normalized spacial score (nSPS) is 18.0. The number of fused-ring (bicyclic) bond motifs is 1. The van der Waals surface area contributed by atoms with Crippen LogP contribution in [0, 0.1) is 0 Å². The molecule has 1 aliphatic carbocycles. The van der Waals surface area contributed by atoms with Crippen molar-refractivity contribution in [3.05, 3.63) is 28.8 Å². The molecule has 0 atom stereocenters. The largest absolute Gasteiger partial charge is 0.348 e. The third-order valence-corrected chi connectivity index (χ3v) is 5.39. The maximum atomic E-state index is 12.6. The van der Waals surface area contributed by atoms with Gasteiger partial charge in [-0.05, 0) is 30.8 Å². The van der Waals surface area contributed by atoms with E-state index in [-0.39, 0.29) is 17.9 Å². The third kappa shape index (κ3) is 3.28. The molecule has 0 aromatic carbocycles. The van der Waals surface area contributed by atoms with Crippen LogP contribution in [0.2, 0.25) is 0 Å². The first-order valence-corrected chi connectivity index (χ1v) is 9.47. The molecular weight excluding hydrogens is 340 g/mol. The molecule has 2 amide bonds. The summed E-state index contributed by atoms with van der Waals surface area (Å²) < 4.78 is 5.74. The number of aromatic nitrogens is 4. The number of imidazole rings is 1. The number of rotatable bonds is 3. The Kier molecular flexibility index (Phi) is 4.48. The lowest BCUT2D eigenvalue weighted by Gasteiger charge is -2.19. The lowest BCUT2D eigenvalue weighted by Crippen LogP contribution is -2.35. The molecule has 4 rings (SSSR count). The molecule has 1 saturated carbocycles. The van der Waals surface area contributed by atoms with Gasteiger partial charge in [0.15, 0.2) is 11.4 Å². The van der Waals surface area contributed by atoms with Crippen molar-refractivity contribution in [2.75, 3.05) is 6.54 Å². The highest BCUT2D eigenvalue weighted by Crippen LogP contribution is 2.21. The molecular formula is C16H20N6O2S. The van der Waals surface area contributed by atoms with Crippen molar-refractivity contribution in [1.82, 2.24) is 29.4 Å². The highest BCUT2D eigenvalue weighted by atomic mass is 32.1. The van der Waals surface area contributed by atoms with E-state index in [1.54, 1.807) is 16.6 Å². The summed E-state index contributed by atoms with van der Waals surface area (Å²) in [5.74, 6) is -0.282. The van der Waals surface area contributed by atoms with E-state index < -0.39 is 0 Å². The predicted molar refractivity (Wildman–Crippen MR) is 91.2 cm³/mol. The molecule has 2 aromatic rings. The summed E-state index contributed by atoms with van der Waals surface area (Å²) in [7, 11) is 0. The first-order chi connectivity index (χ1) is 12.2. The highest BCUT2D eigenvalue weighted by Gasteiger charge is 2.28. The number of hydrogen-bond donors (Lipinski definition) is 1. The van der Waals surface area contributed by atoms with Gasteiger partial charge in [0.05, 0.1) is 18.6 Å². The Labute approximate surface area is 149 Å². The summed E-state index contributed by atoms with van der Waals surface area (Å²) >= 11 is 1.16. The molecule has 0 radical (unpaired) electrons. The number of hydrogen-bond acceptors (Lipinski definition) is 6. The summed E-state index contributed by atoms with van der Waals surface area (Å²) in [6.45, 7) is 1.74. The first-order valence-electron chi connectivity index (χ1n) is 8.63. The second-order valence-electron chi connectivity index (χ2n) is 6.56. The van der Waals surface area contributed by atoms with Gasteiger partial charge in [-0.15, -0.1) is 5.10 Å². The molecule has 8 nitrogen and oxygen atoms in total. The average molecular weight is 360 g/mol. The van der Waals surface area contributed by atoms with Crippen LogP contribution < -0.4 is 5.32 Å². The van der Waals surface area contributed by atoms with E-state index in [2.05, 4.69) is 19.9 Å². The van der Waals surface area contributed by atoms with Gasteiger partial charge in [0.25, 0.3) is 11.8 Å². The number of carbonyl (C=O) groups is 2. The van der Waals surface area contributed by atoms with Crippen molar-refractivity contribution >= 4 is 23.3 Å². The van der Waals surface area contributed by atoms with E-state index in [1.807, 2.05) is 4.57 Å². The molecule has 132 valence electrons. The van der Waals surface area contributed by atoms with Crippen molar-refractivity contribution in [3.63, 3.8) is 0 Å². The van der Waals surface area contributed by atoms with Crippen molar-refractivity contribution in [1.29, 1.82) is 0 Å².